The van der Waals surface area contributed by atoms with Gasteiger partial charge in [0.15, 0.2) is 0 Å². The minimum absolute atomic E-state index is 0. The highest BCUT2D eigenvalue weighted by atomic mass is 35.5. The summed E-state index contributed by atoms with van der Waals surface area (Å²) in [7, 11) is 1.77. The number of halogens is 1. The second-order valence-electron chi connectivity index (χ2n) is 5.67. The monoisotopic (exact) mass is 359 g/mol. The summed E-state index contributed by atoms with van der Waals surface area (Å²) >= 11 is 1.28. The third-order valence-corrected chi connectivity index (χ3v) is 4.58. The Morgan fingerprint density at radius 2 is 1.87 bits per heavy atom. The van der Waals surface area contributed by atoms with Gasteiger partial charge in [-0.25, -0.2) is 0 Å². The first kappa shape index (κ1) is 21.8. The summed E-state index contributed by atoms with van der Waals surface area (Å²) in [6, 6.07) is 7.33. The van der Waals surface area contributed by atoms with Crippen LogP contribution in [0.5, 0.6) is 0 Å². The number of nitrogens with zero attached hydrogens (tertiary/aromatic N) is 1. The van der Waals surface area contributed by atoms with E-state index in [0.29, 0.717) is 18.0 Å². The molecule has 0 saturated heterocycles. The van der Waals surface area contributed by atoms with Crippen molar-refractivity contribution in [2.45, 2.75) is 31.2 Å². The Balaban J connectivity index is 0.00000484. The van der Waals surface area contributed by atoms with Gasteiger partial charge in [-0.2, -0.15) is 0 Å². The van der Waals surface area contributed by atoms with Crippen molar-refractivity contribution in [1.82, 2.24) is 4.90 Å². The van der Waals surface area contributed by atoms with E-state index in [9.17, 15) is 9.59 Å². The van der Waals surface area contributed by atoms with Crippen molar-refractivity contribution in [3.8, 4) is 0 Å². The maximum atomic E-state index is 12.5. The summed E-state index contributed by atoms with van der Waals surface area (Å²) in [6.45, 7) is 4.75. The number of thioether (sulfide) groups is 1. The highest BCUT2D eigenvalue weighted by Gasteiger charge is 2.17. The molecule has 0 spiro atoms. The van der Waals surface area contributed by atoms with Gasteiger partial charge < -0.3 is 16.4 Å². The van der Waals surface area contributed by atoms with Gasteiger partial charge in [0.25, 0.3) is 5.91 Å². The van der Waals surface area contributed by atoms with E-state index >= 15 is 0 Å². The van der Waals surface area contributed by atoms with Crippen LogP contribution in [0.4, 0.5) is 0 Å². The molecule has 0 fully saturated rings. The SMILES string of the molecule is CC(C)C(N)CCN(C)C(=O)c1ccccc1SCC(N)=O.Cl. The van der Waals surface area contributed by atoms with Crippen LogP contribution in [0.1, 0.15) is 30.6 Å². The van der Waals surface area contributed by atoms with E-state index in [4.69, 9.17) is 11.5 Å². The number of hydrogen-bond donors (Lipinski definition) is 2. The second kappa shape index (κ2) is 10.5. The zero-order chi connectivity index (χ0) is 16.7. The molecule has 0 aliphatic heterocycles. The molecule has 1 aromatic rings. The predicted molar refractivity (Wildman–Crippen MR) is 98.0 cm³/mol. The molecule has 0 bridgehead atoms. The Labute approximate surface area is 148 Å². The Morgan fingerprint density at radius 3 is 2.43 bits per heavy atom. The zero-order valence-corrected chi connectivity index (χ0v) is 15.5. The van der Waals surface area contributed by atoms with Gasteiger partial charge >= 0.3 is 0 Å². The van der Waals surface area contributed by atoms with Crippen molar-refractivity contribution < 1.29 is 9.59 Å². The van der Waals surface area contributed by atoms with Crippen LogP contribution >= 0.6 is 24.2 Å². The Hall–Kier alpha value is -1.24. The maximum absolute atomic E-state index is 12.5. The molecule has 23 heavy (non-hydrogen) atoms. The summed E-state index contributed by atoms with van der Waals surface area (Å²) < 4.78 is 0. The highest BCUT2D eigenvalue weighted by Crippen LogP contribution is 2.23. The lowest BCUT2D eigenvalue weighted by Gasteiger charge is -2.22. The molecule has 0 saturated carbocycles. The number of amides is 2. The number of nitrogens with two attached hydrogens (primary N) is 2. The minimum Gasteiger partial charge on any atom is -0.369 e. The normalized spacial score (nSPS) is 11.7. The summed E-state index contributed by atoms with van der Waals surface area (Å²) in [5.41, 5.74) is 11.8. The molecule has 0 radical (unpaired) electrons. The molecule has 7 heteroatoms. The Morgan fingerprint density at radius 1 is 1.26 bits per heavy atom. The number of carbonyl (C=O) groups is 2. The molecule has 1 rings (SSSR count). The maximum Gasteiger partial charge on any atom is 0.254 e. The lowest BCUT2D eigenvalue weighted by Crippen LogP contribution is -2.34. The van der Waals surface area contributed by atoms with Gasteiger partial charge in [-0.1, -0.05) is 26.0 Å². The first-order chi connectivity index (χ1) is 10.3. The lowest BCUT2D eigenvalue weighted by molar-refractivity contribution is -0.115. The van der Waals surface area contributed by atoms with Crippen LogP contribution in [0.15, 0.2) is 29.2 Å². The zero-order valence-electron chi connectivity index (χ0n) is 13.8. The van der Waals surface area contributed by atoms with Crippen LogP contribution in [-0.4, -0.2) is 42.1 Å². The molecule has 130 valence electrons. The van der Waals surface area contributed by atoms with Crippen molar-refractivity contribution in [3.05, 3.63) is 29.8 Å². The van der Waals surface area contributed by atoms with Gasteiger partial charge in [0.05, 0.1) is 11.3 Å². The predicted octanol–water partition coefficient (Wildman–Crippen LogP) is 2.13. The van der Waals surface area contributed by atoms with Crippen LogP contribution in [0.25, 0.3) is 0 Å². The molecule has 4 N–H and O–H groups in total. The number of primary amides is 1. The largest absolute Gasteiger partial charge is 0.369 e. The summed E-state index contributed by atoms with van der Waals surface area (Å²) in [5.74, 6) is 0.0839. The van der Waals surface area contributed by atoms with Gasteiger partial charge in [0, 0.05) is 24.5 Å². The first-order valence-corrected chi connectivity index (χ1v) is 8.32. The van der Waals surface area contributed by atoms with Crippen molar-refractivity contribution in [2.24, 2.45) is 17.4 Å². The van der Waals surface area contributed by atoms with E-state index in [0.717, 1.165) is 11.3 Å². The van der Waals surface area contributed by atoms with E-state index in [-0.39, 0.29) is 30.1 Å². The number of carbonyl (C=O) groups excluding carboxylic acids is 2. The van der Waals surface area contributed by atoms with Gasteiger partial charge in [0.1, 0.15) is 0 Å². The van der Waals surface area contributed by atoms with Crippen molar-refractivity contribution in [2.75, 3.05) is 19.3 Å². The summed E-state index contributed by atoms with van der Waals surface area (Å²) in [5, 5.41) is 0. The minimum atomic E-state index is -0.400. The molecule has 1 aromatic carbocycles. The number of hydrogen-bond acceptors (Lipinski definition) is 4. The molecule has 5 nitrogen and oxygen atoms in total. The van der Waals surface area contributed by atoms with E-state index in [1.54, 1.807) is 18.0 Å². The van der Waals surface area contributed by atoms with Gasteiger partial charge in [-0.05, 0) is 24.5 Å². The van der Waals surface area contributed by atoms with Gasteiger partial charge in [-0.15, -0.1) is 24.2 Å². The highest BCUT2D eigenvalue weighted by molar-refractivity contribution is 8.00. The third kappa shape index (κ3) is 7.24. The van der Waals surface area contributed by atoms with Crippen LogP contribution in [0, 0.1) is 5.92 Å². The number of benzene rings is 1. The third-order valence-electron chi connectivity index (χ3n) is 3.49. The van der Waals surface area contributed by atoms with Crippen molar-refractivity contribution in [3.63, 3.8) is 0 Å². The Kier molecular flexibility index (Phi) is 9.95. The van der Waals surface area contributed by atoms with Crippen LogP contribution < -0.4 is 11.5 Å². The topological polar surface area (TPSA) is 89.4 Å². The van der Waals surface area contributed by atoms with Crippen LogP contribution in [0.3, 0.4) is 0 Å². The molecular weight excluding hydrogens is 334 g/mol. The van der Waals surface area contributed by atoms with Crippen molar-refractivity contribution in [1.29, 1.82) is 0 Å². The molecule has 1 unspecified atom stereocenters. The summed E-state index contributed by atoms with van der Waals surface area (Å²) in [4.78, 5) is 25.9. The second-order valence-corrected chi connectivity index (χ2v) is 6.69. The Bertz CT molecular complexity index is 526. The van der Waals surface area contributed by atoms with E-state index in [1.165, 1.54) is 11.8 Å². The standard InChI is InChI=1S/C16H25N3O2S.ClH/c1-11(2)13(17)8-9-19(3)16(21)12-6-4-5-7-14(12)22-10-15(18)20;/h4-7,11,13H,8-10,17H2,1-3H3,(H2,18,20);1H. The van der Waals surface area contributed by atoms with Crippen molar-refractivity contribution >= 4 is 36.0 Å². The molecule has 0 aliphatic rings. The first-order valence-electron chi connectivity index (χ1n) is 7.34. The molecule has 0 aliphatic carbocycles. The van der Waals surface area contributed by atoms with Gasteiger partial charge in [-0.3, -0.25) is 9.59 Å². The fourth-order valence-electron chi connectivity index (χ4n) is 1.90. The lowest BCUT2D eigenvalue weighted by atomic mass is 10.0. The van der Waals surface area contributed by atoms with E-state index in [2.05, 4.69) is 13.8 Å². The molecular formula is C16H26ClN3O2S. The quantitative estimate of drug-likeness (QED) is 0.696. The average Bonchev–Trinajstić information content (AvgIpc) is 2.49. The number of rotatable bonds is 8. The smallest absolute Gasteiger partial charge is 0.254 e. The average molecular weight is 360 g/mol. The molecule has 1 atom stereocenters. The van der Waals surface area contributed by atoms with Crippen LogP contribution in [-0.2, 0) is 4.79 Å². The molecule has 0 heterocycles. The summed E-state index contributed by atoms with van der Waals surface area (Å²) in [6.07, 6.45) is 0.760. The fourth-order valence-corrected chi connectivity index (χ4v) is 2.68. The van der Waals surface area contributed by atoms with E-state index in [1.807, 2.05) is 18.2 Å². The van der Waals surface area contributed by atoms with Gasteiger partial charge in [0.2, 0.25) is 5.91 Å². The fraction of sp³-hybridized carbons (Fsp3) is 0.500. The van der Waals surface area contributed by atoms with E-state index < -0.39 is 5.91 Å². The molecule has 0 aromatic heterocycles. The van der Waals surface area contributed by atoms with Crippen LogP contribution in [0.2, 0.25) is 0 Å². The molecule has 2 amide bonds.